The van der Waals surface area contributed by atoms with Gasteiger partial charge in [-0.05, 0) is 49.8 Å². The van der Waals surface area contributed by atoms with Crippen LogP contribution in [0.1, 0.15) is 25.3 Å². The zero-order chi connectivity index (χ0) is 13.7. The molecule has 4 nitrogen and oxygen atoms in total. The van der Waals surface area contributed by atoms with Crippen molar-refractivity contribution >= 4 is 0 Å². The van der Waals surface area contributed by atoms with Crippen LogP contribution in [-0.2, 0) is 11.2 Å². The molecule has 1 aromatic carbocycles. The topological polar surface area (TPSA) is 53.7 Å². The summed E-state index contributed by atoms with van der Waals surface area (Å²) in [6.45, 7) is 3.06. The monoisotopic (exact) mass is 265 g/mol. The second-order valence-electron chi connectivity index (χ2n) is 5.24. The first-order valence-electron chi connectivity index (χ1n) is 6.82. The minimum Gasteiger partial charge on any atom is -0.493 e. The molecule has 0 heterocycles. The molecule has 1 atom stereocenters. The van der Waals surface area contributed by atoms with Crippen molar-refractivity contribution < 1.29 is 14.2 Å². The Hall–Kier alpha value is -1.26. The zero-order valence-electron chi connectivity index (χ0n) is 11.7. The van der Waals surface area contributed by atoms with Gasteiger partial charge in [0.1, 0.15) is 0 Å². The van der Waals surface area contributed by atoms with Crippen molar-refractivity contribution in [1.29, 1.82) is 0 Å². The normalized spacial score (nSPS) is 16.2. The Morgan fingerprint density at radius 3 is 2.74 bits per heavy atom. The molecule has 1 saturated carbocycles. The predicted octanol–water partition coefficient (Wildman–Crippen LogP) is 2.35. The summed E-state index contributed by atoms with van der Waals surface area (Å²) in [6, 6.07) is 6.04. The summed E-state index contributed by atoms with van der Waals surface area (Å²) in [5.74, 6) is 2.19. The quantitative estimate of drug-likeness (QED) is 0.579. The molecule has 1 fully saturated rings. The Balaban J connectivity index is 1.87. The summed E-state index contributed by atoms with van der Waals surface area (Å²) in [5, 5.41) is 0. The average molecular weight is 265 g/mol. The van der Waals surface area contributed by atoms with Crippen molar-refractivity contribution in [3.05, 3.63) is 23.8 Å². The molecule has 2 N–H and O–H groups in total. The fourth-order valence-corrected chi connectivity index (χ4v) is 1.93. The van der Waals surface area contributed by atoms with Gasteiger partial charge in [0.2, 0.25) is 0 Å². The van der Waals surface area contributed by atoms with E-state index in [1.807, 2.05) is 25.1 Å². The van der Waals surface area contributed by atoms with Crippen molar-refractivity contribution in [2.24, 2.45) is 11.7 Å². The summed E-state index contributed by atoms with van der Waals surface area (Å²) in [6.07, 6.45) is 3.40. The van der Waals surface area contributed by atoms with Crippen molar-refractivity contribution in [3.63, 3.8) is 0 Å². The number of methoxy groups -OCH3 is 1. The molecule has 0 radical (unpaired) electrons. The van der Waals surface area contributed by atoms with Gasteiger partial charge < -0.3 is 19.9 Å². The summed E-state index contributed by atoms with van der Waals surface area (Å²) < 4.78 is 16.4. The summed E-state index contributed by atoms with van der Waals surface area (Å²) >= 11 is 0. The van der Waals surface area contributed by atoms with E-state index in [9.17, 15) is 0 Å². The molecule has 2 rings (SSSR count). The van der Waals surface area contributed by atoms with Gasteiger partial charge in [-0.15, -0.1) is 0 Å². The molecule has 1 aliphatic rings. The van der Waals surface area contributed by atoms with Gasteiger partial charge in [0.05, 0.1) is 13.7 Å². The standard InChI is InChI=1S/C15H23NO3/c1-11(16)7-13-5-6-14(15(8-13)17-2)19-10-18-9-12-3-4-12/h5-6,8,11-12H,3-4,7,9-10,16H2,1-2H3. The Kier molecular flexibility index (Phi) is 5.05. The Bertz CT molecular complexity index is 402. The van der Waals surface area contributed by atoms with Crippen LogP contribution in [0.4, 0.5) is 0 Å². The van der Waals surface area contributed by atoms with Gasteiger partial charge in [-0.1, -0.05) is 6.07 Å². The van der Waals surface area contributed by atoms with E-state index in [1.54, 1.807) is 7.11 Å². The minimum atomic E-state index is 0.137. The van der Waals surface area contributed by atoms with Crippen LogP contribution in [0.2, 0.25) is 0 Å². The van der Waals surface area contributed by atoms with Gasteiger partial charge in [-0.25, -0.2) is 0 Å². The van der Waals surface area contributed by atoms with Crippen molar-refractivity contribution in [3.8, 4) is 11.5 Å². The Morgan fingerprint density at radius 1 is 1.32 bits per heavy atom. The highest BCUT2D eigenvalue weighted by molar-refractivity contribution is 5.43. The molecule has 0 saturated heterocycles. The number of hydrogen-bond donors (Lipinski definition) is 1. The summed E-state index contributed by atoms with van der Waals surface area (Å²) in [4.78, 5) is 0. The van der Waals surface area contributed by atoms with Crippen LogP contribution in [0, 0.1) is 5.92 Å². The first kappa shape index (κ1) is 14.2. The highest BCUT2D eigenvalue weighted by Crippen LogP contribution is 2.30. The van der Waals surface area contributed by atoms with Crippen LogP contribution in [0.25, 0.3) is 0 Å². The maximum Gasteiger partial charge on any atom is 0.189 e. The van der Waals surface area contributed by atoms with E-state index in [0.29, 0.717) is 5.75 Å². The average Bonchev–Trinajstić information content (AvgIpc) is 3.19. The molecular weight excluding hydrogens is 242 g/mol. The first-order valence-corrected chi connectivity index (χ1v) is 6.82. The smallest absolute Gasteiger partial charge is 0.189 e. The number of benzene rings is 1. The molecule has 19 heavy (non-hydrogen) atoms. The lowest BCUT2D eigenvalue weighted by Crippen LogP contribution is -2.17. The van der Waals surface area contributed by atoms with Crippen LogP contribution < -0.4 is 15.2 Å². The van der Waals surface area contributed by atoms with Crippen molar-refractivity contribution in [1.82, 2.24) is 0 Å². The third-order valence-electron chi connectivity index (χ3n) is 3.13. The molecule has 0 aliphatic heterocycles. The maximum atomic E-state index is 5.79. The fraction of sp³-hybridized carbons (Fsp3) is 0.600. The van der Waals surface area contributed by atoms with Gasteiger partial charge in [0, 0.05) is 6.04 Å². The first-order chi connectivity index (χ1) is 9.19. The van der Waals surface area contributed by atoms with E-state index in [2.05, 4.69) is 0 Å². The SMILES string of the molecule is COc1cc(CC(C)N)ccc1OCOCC1CC1. The second-order valence-corrected chi connectivity index (χ2v) is 5.24. The molecular formula is C15H23NO3. The molecule has 0 aromatic heterocycles. The zero-order valence-corrected chi connectivity index (χ0v) is 11.7. The van der Waals surface area contributed by atoms with E-state index in [4.69, 9.17) is 19.9 Å². The minimum absolute atomic E-state index is 0.137. The van der Waals surface area contributed by atoms with Gasteiger partial charge in [-0.3, -0.25) is 0 Å². The molecule has 4 heteroatoms. The summed E-state index contributed by atoms with van der Waals surface area (Å²) in [7, 11) is 1.64. The highest BCUT2D eigenvalue weighted by Gasteiger charge is 2.21. The molecule has 0 amide bonds. The molecule has 0 bridgehead atoms. The van der Waals surface area contributed by atoms with E-state index in [0.717, 1.165) is 30.3 Å². The van der Waals surface area contributed by atoms with E-state index in [1.165, 1.54) is 12.8 Å². The van der Waals surface area contributed by atoms with Crippen LogP contribution in [-0.4, -0.2) is 26.6 Å². The molecule has 1 aromatic rings. The lowest BCUT2D eigenvalue weighted by Gasteiger charge is -2.13. The number of rotatable bonds is 8. The van der Waals surface area contributed by atoms with Gasteiger partial charge in [0.25, 0.3) is 0 Å². The van der Waals surface area contributed by atoms with Gasteiger partial charge in [-0.2, -0.15) is 0 Å². The van der Waals surface area contributed by atoms with Gasteiger partial charge in [0.15, 0.2) is 18.3 Å². The van der Waals surface area contributed by atoms with Crippen LogP contribution in [0.15, 0.2) is 18.2 Å². The lowest BCUT2D eigenvalue weighted by atomic mass is 10.1. The Morgan fingerprint density at radius 2 is 2.11 bits per heavy atom. The number of hydrogen-bond acceptors (Lipinski definition) is 4. The molecule has 1 unspecified atom stereocenters. The Labute approximate surface area is 114 Å². The number of nitrogens with two attached hydrogens (primary N) is 1. The highest BCUT2D eigenvalue weighted by atomic mass is 16.7. The van der Waals surface area contributed by atoms with Crippen LogP contribution in [0.3, 0.4) is 0 Å². The van der Waals surface area contributed by atoms with Crippen LogP contribution >= 0.6 is 0 Å². The van der Waals surface area contributed by atoms with Crippen LogP contribution in [0.5, 0.6) is 11.5 Å². The third kappa shape index (κ3) is 4.73. The van der Waals surface area contributed by atoms with Crippen molar-refractivity contribution in [2.75, 3.05) is 20.5 Å². The number of ether oxygens (including phenoxy) is 3. The summed E-state index contributed by atoms with van der Waals surface area (Å²) in [5.41, 5.74) is 6.95. The molecule has 1 aliphatic carbocycles. The second kappa shape index (κ2) is 6.78. The van der Waals surface area contributed by atoms with E-state index >= 15 is 0 Å². The largest absolute Gasteiger partial charge is 0.493 e. The maximum absolute atomic E-state index is 5.79. The van der Waals surface area contributed by atoms with Crippen molar-refractivity contribution in [2.45, 2.75) is 32.2 Å². The molecule has 0 spiro atoms. The van der Waals surface area contributed by atoms with E-state index in [-0.39, 0.29) is 12.8 Å². The van der Waals surface area contributed by atoms with Gasteiger partial charge >= 0.3 is 0 Å². The predicted molar refractivity (Wildman–Crippen MR) is 74.5 cm³/mol. The lowest BCUT2D eigenvalue weighted by molar-refractivity contribution is 0.00865. The van der Waals surface area contributed by atoms with E-state index < -0.39 is 0 Å². The third-order valence-corrected chi connectivity index (χ3v) is 3.13. The molecule has 106 valence electrons. The fourth-order valence-electron chi connectivity index (χ4n) is 1.93.